The maximum Gasteiger partial charge on any atom is 0.161 e. The Hall–Kier alpha value is -1.10. The van der Waals surface area contributed by atoms with Gasteiger partial charge in [-0.05, 0) is 45.8 Å². The molecule has 0 amide bonds. The number of amidine groups is 1. The summed E-state index contributed by atoms with van der Waals surface area (Å²) in [4.78, 5) is 2.08. The van der Waals surface area contributed by atoms with Gasteiger partial charge in [-0.2, -0.15) is 0 Å². The molecule has 0 aromatic heterocycles. The van der Waals surface area contributed by atoms with Crippen molar-refractivity contribution in [1.82, 2.24) is 0 Å². The average Bonchev–Trinajstić information content (AvgIpc) is 2.81. The van der Waals surface area contributed by atoms with Crippen molar-refractivity contribution >= 4 is 27.5 Å². The third-order valence-corrected chi connectivity index (χ3v) is 4.88. The van der Waals surface area contributed by atoms with Gasteiger partial charge in [0.25, 0.3) is 0 Å². The van der Waals surface area contributed by atoms with E-state index in [2.05, 4.69) is 41.6 Å². The first-order valence-electron chi connectivity index (χ1n) is 6.79. The number of nitrogen functional groups attached to an aromatic ring is 1. The van der Waals surface area contributed by atoms with Crippen LogP contribution in [0.15, 0.2) is 16.6 Å². The highest BCUT2D eigenvalue weighted by Gasteiger charge is 2.33. The smallest absolute Gasteiger partial charge is 0.161 e. The highest BCUT2D eigenvalue weighted by atomic mass is 79.9. The van der Waals surface area contributed by atoms with Gasteiger partial charge in [0.05, 0.1) is 10.2 Å². The fourth-order valence-corrected chi connectivity index (χ4v) is 3.23. The molecule has 1 aliphatic rings. The summed E-state index contributed by atoms with van der Waals surface area (Å²) in [7, 11) is 0. The van der Waals surface area contributed by atoms with E-state index < -0.39 is 0 Å². The number of hydrogen-bond donors (Lipinski definition) is 2. The van der Waals surface area contributed by atoms with Crippen molar-refractivity contribution in [2.45, 2.75) is 27.2 Å². The molecule has 1 saturated heterocycles. The average molecular weight is 342 g/mol. The van der Waals surface area contributed by atoms with Crippen molar-refractivity contribution < 1.29 is 4.39 Å². The summed E-state index contributed by atoms with van der Waals surface area (Å²) in [5.74, 6) is 0.108. The third-order valence-electron chi connectivity index (χ3n) is 4.11. The second kappa shape index (κ2) is 5.35. The van der Waals surface area contributed by atoms with Crippen molar-refractivity contribution in [3.05, 3.63) is 28.0 Å². The topological polar surface area (TPSA) is 53.1 Å². The van der Waals surface area contributed by atoms with Crippen molar-refractivity contribution in [3.8, 4) is 0 Å². The van der Waals surface area contributed by atoms with Gasteiger partial charge in [0.15, 0.2) is 5.82 Å². The number of nitrogens with zero attached hydrogens (tertiary/aromatic N) is 1. The summed E-state index contributed by atoms with van der Waals surface area (Å²) in [6.07, 6.45) is 1.08. The first-order chi connectivity index (χ1) is 9.21. The van der Waals surface area contributed by atoms with Crippen LogP contribution >= 0.6 is 15.9 Å². The molecule has 1 heterocycles. The summed E-state index contributed by atoms with van der Waals surface area (Å²) in [5.41, 5.74) is 6.67. The maximum atomic E-state index is 14.5. The summed E-state index contributed by atoms with van der Waals surface area (Å²) >= 11 is 3.21. The monoisotopic (exact) mass is 341 g/mol. The molecule has 0 radical (unpaired) electrons. The number of anilines is 1. The van der Waals surface area contributed by atoms with E-state index in [1.165, 1.54) is 0 Å². The number of hydrogen-bond acceptors (Lipinski definition) is 2. The van der Waals surface area contributed by atoms with Crippen molar-refractivity contribution in [2.24, 2.45) is 17.1 Å². The largest absolute Gasteiger partial charge is 0.384 e. The van der Waals surface area contributed by atoms with E-state index in [9.17, 15) is 4.39 Å². The molecule has 110 valence electrons. The molecule has 1 atom stereocenters. The Balaban J connectivity index is 2.28. The minimum Gasteiger partial charge on any atom is -0.384 e. The fraction of sp³-hybridized carbons (Fsp3) is 0.533. The Morgan fingerprint density at radius 1 is 1.45 bits per heavy atom. The number of benzene rings is 1. The van der Waals surface area contributed by atoms with Crippen molar-refractivity contribution in [3.63, 3.8) is 0 Å². The van der Waals surface area contributed by atoms with Crippen LogP contribution < -0.4 is 10.6 Å². The zero-order valence-corrected chi connectivity index (χ0v) is 13.7. The molecule has 2 rings (SSSR count). The Morgan fingerprint density at radius 2 is 2.10 bits per heavy atom. The van der Waals surface area contributed by atoms with E-state index >= 15 is 0 Å². The lowest BCUT2D eigenvalue weighted by atomic mass is 9.80. The lowest BCUT2D eigenvalue weighted by Crippen LogP contribution is -2.26. The lowest BCUT2D eigenvalue weighted by Gasteiger charge is -2.27. The minimum atomic E-state index is -0.327. The molecule has 5 heteroatoms. The Labute approximate surface area is 128 Å². The molecule has 0 aliphatic carbocycles. The molecule has 20 heavy (non-hydrogen) atoms. The summed E-state index contributed by atoms with van der Waals surface area (Å²) in [6, 6.07) is 3.43. The van der Waals surface area contributed by atoms with Crippen LogP contribution in [0.4, 0.5) is 10.1 Å². The van der Waals surface area contributed by atoms with Gasteiger partial charge in [0, 0.05) is 18.7 Å². The summed E-state index contributed by atoms with van der Waals surface area (Å²) < 4.78 is 14.7. The van der Waals surface area contributed by atoms with Gasteiger partial charge >= 0.3 is 0 Å². The van der Waals surface area contributed by atoms with Gasteiger partial charge in [0.1, 0.15) is 5.84 Å². The molecule has 1 unspecified atom stereocenters. The lowest BCUT2D eigenvalue weighted by molar-refractivity contribution is 0.263. The van der Waals surface area contributed by atoms with Gasteiger partial charge in [-0.1, -0.05) is 20.8 Å². The normalized spacial score (nSPS) is 19.4. The highest BCUT2D eigenvalue weighted by Crippen LogP contribution is 2.38. The molecule has 3 N–H and O–H groups in total. The van der Waals surface area contributed by atoms with Crippen LogP contribution in [0.25, 0.3) is 0 Å². The van der Waals surface area contributed by atoms with Crippen LogP contribution in [0.2, 0.25) is 0 Å². The molecule has 1 aliphatic heterocycles. The second-order valence-electron chi connectivity index (χ2n) is 6.47. The number of nitrogens with one attached hydrogen (secondary N) is 1. The van der Waals surface area contributed by atoms with E-state index in [0.29, 0.717) is 17.2 Å². The van der Waals surface area contributed by atoms with Crippen molar-refractivity contribution in [2.75, 3.05) is 18.0 Å². The predicted octanol–water partition coefficient (Wildman–Crippen LogP) is 3.74. The van der Waals surface area contributed by atoms with Crippen LogP contribution in [0.3, 0.4) is 0 Å². The fourth-order valence-electron chi connectivity index (χ4n) is 2.68. The first kappa shape index (κ1) is 15.3. The van der Waals surface area contributed by atoms with Gasteiger partial charge in [-0.25, -0.2) is 4.39 Å². The molecular weight excluding hydrogens is 321 g/mol. The Morgan fingerprint density at radius 3 is 2.60 bits per heavy atom. The number of halogens is 2. The quantitative estimate of drug-likeness (QED) is 0.635. The molecular formula is C15H21BrFN3. The van der Waals surface area contributed by atoms with Crippen LogP contribution in [0, 0.1) is 22.6 Å². The van der Waals surface area contributed by atoms with Gasteiger partial charge in [0.2, 0.25) is 0 Å². The highest BCUT2D eigenvalue weighted by molar-refractivity contribution is 9.10. The molecule has 1 aromatic rings. The minimum absolute atomic E-state index is 0.128. The number of nitrogens with two attached hydrogens (primary N) is 1. The molecule has 0 saturated carbocycles. The van der Waals surface area contributed by atoms with E-state index in [1.807, 2.05) is 0 Å². The molecule has 3 nitrogen and oxygen atoms in total. The predicted molar refractivity (Wildman–Crippen MR) is 84.9 cm³/mol. The second-order valence-corrected chi connectivity index (χ2v) is 7.26. The summed E-state index contributed by atoms with van der Waals surface area (Å²) in [5, 5.41) is 7.43. The van der Waals surface area contributed by atoms with Crippen molar-refractivity contribution in [1.29, 1.82) is 5.41 Å². The van der Waals surface area contributed by atoms with Gasteiger partial charge in [-0.15, -0.1) is 0 Å². The molecule has 1 fully saturated rings. The van der Waals surface area contributed by atoms with E-state index in [4.69, 9.17) is 11.1 Å². The van der Waals surface area contributed by atoms with Gasteiger partial charge < -0.3 is 10.6 Å². The zero-order valence-electron chi connectivity index (χ0n) is 12.1. The summed E-state index contributed by atoms with van der Waals surface area (Å²) in [6.45, 7) is 8.42. The van der Waals surface area contributed by atoms with Crippen LogP contribution in [-0.4, -0.2) is 18.9 Å². The van der Waals surface area contributed by atoms with Crippen LogP contribution in [-0.2, 0) is 0 Å². The van der Waals surface area contributed by atoms with Crippen LogP contribution in [0.1, 0.15) is 32.8 Å². The SMILES string of the molecule is CC(C)(C)C1CCN(c2ccc(C(=N)N)c(Br)c2F)C1. The Bertz CT molecular complexity index is 537. The van der Waals surface area contributed by atoms with E-state index in [1.54, 1.807) is 12.1 Å². The molecule has 0 spiro atoms. The first-order valence-corrected chi connectivity index (χ1v) is 7.58. The zero-order chi connectivity index (χ0) is 15.1. The standard InChI is InChI=1S/C15H21BrFN3/c1-15(2,3)9-6-7-20(8-9)11-5-4-10(14(18)19)12(16)13(11)17/h4-5,9H,6-8H2,1-3H3,(H3,18,19). The maximum absolute atomic E-state index is 14.5. The third kappa shape index (κ3) is 2.82. The number of rotatable bonds is 2. The molecule has 1 aromatic carbocycles. The van der Waals surface area contributed by atoms with Crippen LogP contribution in [0.5, 0.6) is 0 Å². The van der Waals surface area contributed by atoms with E-state index in [0.717, 1.165) is 19.5 Å². The van der Waals surface area contributed by atoms with E-state index in [-0.39, 0.29) is 21.5 Å². The molecule has 0 bridgehead atoms. The Kier molecular flexibility index (Phi) is 4.09. The van der Waals surface area contributed by atoms with Gasteiger partial charge in [-0.3, -0.25) is 5.41 Å².